The number of carbonyl (C=O) groups is 1. The van der Waals surface area contributed by atoms with E-state index < -0.39 is 17.7 Å². The van der Waals surface area contributed by atoms with Crippen molar-refractivity contribution in [3.63, 3.8) is 0 Å². The Labute approximate surface area is 205 Å². The first-order valence-corrected chi connectivity index (χ1v) is 11.6. The molecule has 0 aliphatic rings. The summed E-state index contributed by atoms with van der Waals surface area (Å²) >= 11 is 6.18. The Morgan fingerprint density at radius 3 is 2.09 bits per heavy atom. The lowest BCUT2D eigenvalue weighted by Crippen LogP contribution is -2.28. The van der Waals surface area contributed by atoms with Crippen LogP contribution in [0.15, 0.2) is 66.7 Å². The average molecular weight is 474 g/mol. The third-order valence-corrected chi connectivity index (χ3v) is 5.94. The molecule has 1 N–H and O–H groups in total. The molecule has 0 amide bonds. The van der Waals surface area contributed by atoms with E-state index in [1.165, 1.54) is 5.56 Å². The predicted octanol–water partition coefficient (Wildman–Crippen LogP) is 7.78. The maximum Gasteiger partial charge on any atom is 0.337 e. The zero-order valence-electron chi connectivity index (χ0n) is 20.0. The van der Waals surface area contributed by atoms with Gasteiger partial charge in [0.15, 0.2) is 6.10 Å². The highest BCUT2D eigenvalue weighted by molar-refractivity contribution is 6.30. The van der Waals surface area contributed by atoms with Crippen LogP contribution in [0.25, 0.3) is 33.2 Å². The SMILES string of the molecule is Cc1ccc(-c2ccc3nc(C)c(C(OC(C)(C)C)C(=O)O)c(-c4ccc(Cl)cc4)c3c2)cc1. The number of carboxylic acid groups (broad SMARTS) is 1. The summed E-state index contributed by atoms with van der Waals surface area (Å²) in [6.07, 6.45) is -1.18. The zero-order chi connectivity index (χ0) is 24.6. The number of rotatable bonds is 5. The fourth-order valence-electron chi connectivity index (χ4n) is 4.16. The molecule has 5 heteroatoms. The quantitative estimate of drug-likeness (QED) is 0.321. The summed E-state index contributed by atoms with van der Waals surface area (Å²) in [5.74, 6) is -1.05. The summed E-state index contributed by atoms with van der Waals surface area (Å²) in [4.78, 5) is 17.2. The Morgan fingerprint density at radius 2 is 1.50 bits per heavy atom. The Balaban J connectivity index is 2.06. The maximum atomic E-state index is 12.5. The molecule has 0 aliphatic heterocycles. The van der Waals surface area contributed by atoms with Crippen LogP contribution < -0.4 is 0 Å². The lowest BCUT2D eigenvalue weighted by atomic mass is 9.89. The Bertz CT molecular complexity index is 1350. The van der Waals surface area contributed by atoms with Crippen molar-refractivity contribution in [3.8, 4) is 22.3 Å². The zero-order valence-corrected chi connectivity index (χ0v) is 20.8. The Kier molecular flexibility index (Phi) is 6.48. The van der Waals surface area contributed by atoms with E-state index in [0.29, 0.717) is 16.3 Å². The van der Waals surface area contributed by atoms with E-state index in [1.54, 1.807) is 0 Å². The second kappa shape index (κ2) is 9.21. The number of halogens is 1. The van der Waals surface area contributed by atoms with E-state index in [-0.39, 0.29) is 0 Å². The number of pyridine rings is 1. The first-order chi connectivity index (χ1) is 16.0. The third-order valence-electron chi connectivity index (χ3n) is 5.69. The van der Waals surface area contributed by atoms with E-state index in [9.17, 15) is 9.90 Å². The number of benzene rings is 3. The first-order valence-electron chi connectivity index (χ1n) is 11.2. The molecule has 0 radical (unpaired) electrons. The van der Waals surface area contributed by atoms with Gasteiger partial charge in [0.2, 0.25) is 0 Å². The topological polar surface area (TPSA) is 59.4 Å². The van der Waals surface area contributed by atoms with Gasteiger partial charge in [-0.2, -0.15) is 0 Å². The van der Waals surface area contributed by atoms with Crippen molar-refractivity contribution in [2.24, 2.45) is 0 Å². The van der Waals surface area contributed by atoms with Crippen molar-refractivity contribution < 1.29 is 14.6 Å². The van der Waals surface area contributed by atoms with Crippen LogP contribution in [0.3, 0.4) is 0 Å². The van der Waals surface area contributed by atoms with E-state index in [4.69, 9.17) is 21.3 Å². The summed E-state index contributed by atoms with van der Waals surface area (Å²) < 4.78 is 6.06. The fraction of sp³-hybridized carbons (Fsp3) is 0.241. The van der Waals surface area contributed by atoms with Crippen LogP contribution in [-0.4, -0.2) is 21.7 Å². The molecule has 1 heterocycles. The minimum atomic E-state index is -1.18. The van der Waals surface area contributed by atoms with Gasteiger partial charge in [-0.05, 0) is 81.1 Å². The summed E-state index contributed by atoms with van der Waals surface area (Å²) in [7, 11) is 0. The van der Waals surface area contributed by atoms with Gasteiger partial charge in [-0.25, -0.2) is 4.79 Å². The summed E-state index contributed by atoms with van der Waals surface area (Å²) in [5, 5.41) is 11.7. The van der Waals surface area contributed by atoms with E-state index in [2.05, 4.69) is 37.3 Å². The lowest BCUT2D eigenvalue weighted by molar-refractivity contribution is -0.160. The molecule has 3 aromatic carbocycles. The second-order valence-electron chi connectivity index (χ2n) is 9.54. The number of ether oxygens (including phenoxy) is 1. The highest BCUT2D eigenvalue weighted by Crippen LogP contribution is 2.40. The Morgan fingerprint density at radius 1 is 0.912 bits per heavy atom. The fourth-order valence-corrected chi connectivity index (χ4v) is 4.29. The lowest BCUT2D eigenvalue weighted by Gasteiger charge is -2.28. The van der Waals surface area contributed by atoms with Crippen molar-refractivity contribution in [2.75, 3.05) is 0 Å². The number of aliphatic carboxylic acids is 1. The van der Waals surface area contributed by atoms with Crippen molar-refractivity contribution in [2.45, 2.75) is 46.3 Å². The van der Waals surface area contributed by atoms with Gasteiger partial charge >= 0.3 is 5.97 Å². The number of aromatic nitrogens is 1. The van der Waals surface area contributed by atoms with Crippen molar-refractivity contribution in [3.05, 3.63) is 88.6 Å². The van der Waals surface area contributed by atoms with Crippen molar-refractivity contribution in [1.29, 1.82) is 0 Å². The number of fused-ring (bicyclic) bond motifs is 1. The normalized spacial score (nSPS) is 12.6. The third kappa shape index (κ3) is 4.98. The van der Waals surface area contributed by atoms with Gasteiger partial charge in [0.05, 0.1) is 11.1 Å². The molecule has 0 bridgehead atoms. The number of hydrogen-bond acceptors (Lipinski definition) is 3. The second-order valence-corrected chi connectivity index (χ2v) is 9.98. The molecule has 1 atom stereocenters. The molecule has 34 heavy (non-hydrogen) atoms. The van der Waals surface area contributed by atoms with Crippen LogP contribution in [0.5, 0.6) is 0 Å². The number of carboxylic acids is 1. The molecule has 1 unspecified atom stereocenters. The van der Waals surface area contributed by atoms with E-state index >= 15 is 0 Å². The molecular weight excluding hydrogens is 446 g/mol. The van der Waals surface area contributed by atoms with Gasteiger partial charge < -0.3 is 9.84 Å². The molecule has 0 saturated carbocycles. The minimum Gasteiger partial charge on any atom is -0.479 e. The largest absolute Gasteiger partial charge is 0.479 e. The number of nitrogens with zero attached hydrogens (tertiary/aromatic N) is 1. The molecule has 0 aliphatic carbocycles. The molecule has 0 fully saturated rings. The van der Waals surface area contributed by atoms with Crippen LogP contribution in [-0.2, 0) is 9.53 Å². The highest BCUT2D eigenvalue weighted by Gasteiger charge is 2.32. The molecule has 0 saturated heterocycles. The van der Waals surface area contributed by atoms with Gasteiger partial charge in [-0.15, -0.1) is 0 Å². The van der Waals surface area contributed by atoms with E-state index in [0.717, 1.165) is 33.2 Å². The van der Waals surface area contributed by atoms with Crippen LogP contribution in [0, 0.1) is 13.8 Å². The standard InChI is InChI=1S/C29H28ClNO3/c1-17-6-8-19(9-7-17)21-12-15-24-23(16-21)26(20-10-13-22(30)14-11-20)25(18(2)31-24)27(28(32)33)34-29(3,4)5/h6-16,27H,1-5H3,(H,32,33). The van der Waals surface area contributed by atoms with Gasteiger partial charge in [0.1, 0.15) is 0 Å². The summed E-state index contributed by atoms with van der Waals surface area (Å²) in [5.41, 5.74) is 6.27. The van der Waals surface area contributed by atoms with E-state index in [1.807, 2.05) is 64.1 Å². The van der Waals surface area contributed by atoms with Crippen LogP contribution in [0.4, 0.5) is 0 Å². The predicted molar refractivity (Wildman–Crippen MR) is 138 cm³/mol. The van der Waals surface area contributed by atoms with Gasteiger partial charge in [0, 0.05) is 21.7 Å². The molecule has 4 aromatic rings. The van der Waals surface area contributed by atoms with Gasteiger partial charge in [0.25, 0.3) is 0 Å². The number of hydrogen-bond donors (Lipinski definition) is 1. The maximum absolute atomic E-state index is 12.5. The molecule has 4 rings (SSSR count). The average Bonchev–Trinajstić information content (AvgIpc) is 2.77. The van der Waals surface area contributed by atoms with Crippen LogP contribution in [0.2, 0.25) is 5.02 Å². The Hall–Kier alpha value is -3.21. The molecule has 174 valence electrons. The van der Waals surface area contributed by atoms with Crippen LogP contribution >= 0.6 is 11.6 Å². The molecule has 4 nitrogen and oxygen atoms in total. The van der Waals surface area contributed by atoms with Gasteiger partial charge in [-0.3, -0.25) is 4.98 Å². The molecule has 1 aromatic heterocycles. The first kappa shape index (κ1) is 23.9. The number of aryl methyl sites for hydroxylation is 2. The smallest absolute Gasteiger partial charge is 0.337 e. The monoisotopic (exact) mass is 473 g/mol. The summed E-state index contributed by atoms with van der Waals surface area (Å²) in [6.45, 7) is 9.45. The summed E-state index contributed by atoms with van der Waals surface area (Å²) in [6, 6.07) is 21.9. The van der Waals surface area contributed by atoms with Crippen LogP contribution in [0.1, 0.15) is 43.7 Å². The van der Waals surface area contributed by atoms with Crippen molar-refractivity contribution >= 4 is 28.5 Å². The molecule has 0 spiro atoms. The van der Waals surface area contributed by atoms with Gasteiger partial charge in [-0.1, -0.05) is 59.6 Å². The minimum absolute atomic E-state index is 0.554. The van der Waals surface area contributed by atoms with Crippen molar-refractivity contribution in [1.82, 2.24) is 4.98 Å². The molecular formula is C29H28ClNO3. The highest BCUT2D eigenvalue weighted by atomic mass is 35.5.